The lowest BCUT2D eigenvalue weighted by molar-refractivity contribution is -0.303. The Kier molecular flexibility index (Phi) is 6.52. The molecular formula is C15H26N2O5. The van der Waals surface area contributed by atoms with E-state index < -0.39 is 17.3 Å². The van der Waals surface area contributed by atoms with Crippen LogP contribution >= 0.6 is 0 Å². The van der Waals surface area contributed by atoms with E-state index in [2.05, 4.69) is 10.6 Å². The molecule has 7 heteroatoms. The molecule has 1 heterocycles. The molecule has 0 aromatic heterocycles. The van der Waals surface area contributed by atoms with Gasteiger partial charge in [0.05, 0.1) is 6.61 Å². The summed E-state index contributed by atoms with van der Waals surface area (Å²) in [7, 11) is 0. The largest absolute Gasteiger partial charge is 0.396 e. The van der Waals surface area contributed by atoms with Gasteiger partial charge in [-0.05, 0) is 20.3 Å². The van der Waals surface area contributed by atoms with Crippen molar-refractivity contribution in [3.8, 4) is 0 Å². The number of carbonyl (C=O) groups is 2. The number of carbonyl (C=O) groups excluding carboxylic acids is 2. The number of aliphatic hydroxyl groups excluding tert-OH is 1. The fourth-order valence-electron chi connectivity index (χ4n) is 1.95. The maximum Gasteiger partial charge on any atom is 0.253 e. The minimum Gasteiger partial charge on any atom is -0.396 e. The minimum absolute atomic E-state index is 0.0205. The Labute approximate surface area is 131 Å². The Bertz CT molecular complexity index is 432. The summed E-state index contributed by atoms with van der Waals surface area (Å²) in [5, 5.41) is 13.7. The fraction of sp³-hybridized carbons (Fsp3) is 0.733. The molecule has 1 saturated heterocycles. The van der Waals surface area contributed by atoms with Gasteiger partial charge in [-0.15, -0.1) is 0 Å². The monoisotopic (exact) mass is 314 g/mol. The molecule has 1 unspecified atom stereocenters. The summed E-state index contributed by atoms with van der Waals surface area (Å²) in [6, 6.07) is 0. The van der Waals surface area contributed by atoms with Crippen LogP contribution in [0.5, 0.6) is 0 Å². The summed E-state index contributed by atoms with van der Waals surface area (Å²) in [6.07, 6.45) is 2.34. The number of ether oxygens (including phenoxy) is 2. The molecule has 0 bridgehead atoms. The number of rotatable bonds is 6. The van der Waals surface area contributed by atoms with Crippen LogP contribution in [-0.4, -0.2) is 48.6 Å². The van der Waals surface area contributed by atoms with Crippen LogP contribution in [0.15, 0.2) is 12.3 Å². The summed E-state index contributed by atoms with van der Waals surface area (Å²) in [6.45, 7) is 8.10. The third-order valence-electron chi connectivity index (χ3n) is 3.24. The Balaban J connectivity index is 2.51. The molecule has 0 radical (unpaired) electrons. The van der Waals surface area contributed by atoms with Crippen molar-refractivity contribution in [3.63, 3.8) is 0 Å². The van der Waals surface area contributed by atoms with Gasteiger partial charge in [-0.25, -0.2) is 0 Å². The van der Waals surface area contributed by atoms with Gasteiger partial charge < -0.3 is 25.2 Å². The van der Waals surface area contributed by atoms with E-state index in [0.29, 0.717) is 19.6 Å². The molecule has 22 heavy (non-hydrogen) atoms. The van der Waals surface area contributed by atoms with Crippen LogP contribution in [0.25, 0.3) is 0 Å². The van der Waals surface area contributed by atoms with Crippen LogP contribution in [0.2, 0.25) is 0 Å². The van der Waals surface area contributed by atoms with E-state index in [1.54, 1.807) is 13.8 Å². The van der Waals surface area contributed by atoms with Crippen molar-refractivity contribution in [2.75, 3.05) is 19.8 Å². The lowest BCUT2D eigenvalue weighted by Crippen LogP contribution is -2.55. The molecule has 7 nitrogen and oxygen atoms in total. The van der Waals surface area contributed by atoms with E-state index >= 15 is 0 Å². The van der Waals surface area contributed by atoms with Crippen molar-refractivity contribution in [2.24, 2.45) is 5.41 Å². The predicted molar refractivity (Wildman–Crippen MR) is 80.7 cm³/mol. The molecular weight excluding hydrogens is 288 g/mol. The van der Waals surface area contributed by atoms with Crippen LogP contribution in [0.3, 0.4) is 0 Å². The highest BCUT2D eigenvalue weighted by Crippen LogP contribution is 2.34. The molecule has 0 spiro atoms. The van der Waals surface area contributed by atoms with E-state index in [-0.39, 0.29) is 18.4 Å². The standard InChI is InChI=1S/C15H26N2O5/c1-14(2)10-21-15(3,4)22-12(14)13(20)17-8-6-11(19)16-7-5-9-18/h6,8,12,18H,5,7,9-10H2,1-4H3,(H,16,19)(H,17,20). The Morgan fingerprint density at radius 1 is 1.32 bits per heavy atom. The van der Waals surface area contributed by atoms with Crippen molar-refractivity contribution in [2.45, 2.75) is 46.0 Å². The molecule has 0 aliphatic carbocycles. The first kappa shape index (κ1) is 18.6. The molecule has 0 aromatic carbocycles. The maximum absolute atomic E-state index is 12.2. The van der Waals surface area contributed by atoms with Gasteiger partial charge in [0.25, 0.3) is 5.91 Å². The average Bonchev–Trinajstić information content (AvgIpc) is 2.42. The summed E-state index contributed by atoms with van der Waals surface area (Å²) in [4.78, 5) is 23.7. The van der Waals surface area contributed by atoms with Gasteiger partial charge in [0.2, 0.25) is 5.91 Å². The molecule has 1 atom stereocenters. The quantitative estimate of drug-likeness (QED) is 0.484. The van der Waals surface area contributed by atoms with E-state index in [1.165, 1.54) is 12.3 Å². The zero-order valence-corrected chi connectivity index (χ0v) is 13.6. The normalized spacial score (nSPS) is 23.2. The SMILES string of the molecule is CC1(C)OCC(C)(C)C(C(=O)NC=CC(=O)NCCCO)O1. The lowest BCUT2D eigenvalue weighted by atomic mass is 9.85. The van der Waals surface area contributed by atoms with E-state index in [0.717, 1.165) is 0 Å². The smallest absolute Gasteiger partial charge is 0.253 e. The second kappa shape index (κ2) is 7.71. The average molecular weight is 314 g/mol. The van der Waals surface area contributed by atoms with Gasteiger partial charge in [0.15, 0.2) is 5.79 Å². The summed E-state index contributed by atoms with van der Waals surface area (Å²) >= 11 is 0. The predicted octanol–water partition coefficient (Wildman–Crippen LogP) is 0.293. The molecule has 0 aromatic rings. The highest BCUT2D eigenvalue weighted by atomic mass is 16.7. The van der Waals surface area contributed by atoms with Gasteiger partial charge in [-0.3, -0.25) is 9.59 Å². The maximum atomic E-state index is 12.2. The molecule has 1 aliphatic heterocycles. The van der Waals surface area contributed by atoms with Crippen LogP contribution in [0.1, 0.15) is 34.1 Å². The van der Waals surface area contributed by atoms with Gasteiger partial charge in [0.1, 0.15) is 6.10 Å². The fourth-order valence-corrected chi connectivity index (χ4v) is 1.95. The van der Waals surface area contributed by atoms with E-state index in [1.807, 2.05) is 13.8 Å². The van der Waals surface area contributed by atoms with Crippen molar-refractivity contribution in [1.29, 1.82) is 0 Å². The zero-order chi connectivity index (χ0) is 16.8. The van der Waals surface area contributed by atoms with Crippen molar-refractivity contribution in [1.82, 2.24) is 10.6 Å². The zero-order valence-electron chi connectivity index (χ0n) is 13.6. The first-order chi connectivity index (χ1) is 10.2. The Hall–Kier alpha value is -1.44. The van der Waals surface area contributed by atoms with Crippen LogP contribution in [-0.2, 0) is 19.1 Å². The molecule has 2 amide bonds. The second-order valence-electron chi connectivity index (χ2n) is 6.39. The van der Waals surface area contributed by atoms with Gasteiger partial charge in [-0.2, -0.15) is 0 Å². The van der Waals surface area contributed by atoms with E-state index in [4.69, 9.17) is 14.6 Å². The molecule has 1 rings (SSSR count). The number of hydrogen-bond donors (Lipinski definition) is 3. The number of nitrogens with one attached hydrogen (secondary N) is 2. The number of amides is 2. The summed E-state index contributed by atoms with van der Waals surface area (Å²) < 4.78 is 11.2. The molecule has 126 valence electrons. The molecule has 1 fully saturated rings. The van der Waals surface area contributed by atoms with Crippen molar-refractivity contribution < 1.29 is 24.2 Å². The van der Waals surface area contributed by atoms with Crippen LogP contribution in [0, 0.1) is 5.41 Å². The topological polar surface area (TPSA) is 96.9 Å². The third-order valence-corrected chi connectivity index (χ3v) is 3.24. The second-order valence-corrected chi connectivity index (χ2v) is 6.39. The number of aliphatic hydroxyl groups is 1. The van der Waals surface area contributed by atoms with Gasteiger partial charge in [0, 0.05) is 30.8 Å². The summed E-state index contributed by atoms with van der Waals surface area (Å²) in [5.74, 6) is -1.47. The minimum atomic E-state index is -0.817. The molecule has 1 aliphatic rings. The Morgan fingerprint density at radius 2 is 2.00 bits per heavy atom. The van der Waals surface area contributed by atoms with Crippen molar-refractivity contribution >= 4 is 11.8 Å². The summed E-state index contributed by atoms with van der Waals surface area (Å²) in [5.41, 5.74) is -0.461. The van der Waals surface area contributed by atoms with Crippen molar-refractivity contribution in [3.05, 3.63) is 12.3 Å². The van der Waals surface area contributed by atoms with Gasteiger partial charge in [-0.1, -0.05) is 13.8 Å². The Morgan fingerprint density at radius 3 is 2.64 bits per heavy atom. The number of hydrogen-bond acceptors (Lipinski definition) is 5. The molecule has 3 N–H and O–H groups in total. The lowest BCUT2D eigenvalue weighted by Gasteiger charge is -2.44. The highest BCUT2D eigenvalue weighted by molar-refractivity contribution is 5.89. The third kappa shape index (κ3) is 5.75. The van der Waals surface area contributed by atoms with Crippen LogP contribution < -0.4 is 10.6 Å². The highest BCUT2D eigenvalue weighted by Gasteiger charge is 2.45. The first-order valence-electron chi connectivity index (χ1n) is 7.35. The van der Waals surface area contributed by atoms with Gasteiger partial charge >= 0.3 is 0 Å². The van der Waals surface area contributed by atoms with Crippen LogP contribution in [0.4, 0.5) is 0 Å². The molecule has 0 saturated carbocycles. The first-order valence-corrected chi connectivity index (χ1v) is 7.35. The van der Waals surface area contributed by atoms with E-state index in [9.17, 15) is 9.59 Å².